The van der Waals surface area contributed by atoms with Crippen molar-refractivity contribution in [2.24, 2.45) is 0 Å². The lowest BCUT2D eigenvalue weighted by Crippen LogP contribution is -2.04. The van der Waals surface area contributed by atoms with Gasteiger partial charge in [0.1, 0.15) is 5.67 Å². The van der Waals surface area contributed by atoms with Gasteiger partial charge in [-0.3, -0.25) is 0 Å². The van der Waals surface area contributed by atoms with Crippen molar-refractivity contribution >= 4 is 27.5 Å². The molecule has 0 radical (unpaired) electrons. The van der Waals surface area contributed by atoms with Crippen LogP contribution in [0.25, 0.3) is 5.65 Å². The van der Waals surface area contributed by atoms with Crippen LogP contribution in [0.4, 0.5) is 4.39 Å². The van der Waals surface area contributed by atoms with Crippen LogP contribution in [-0.2, 0) is 10.4 Å². The molecule has 2 aromatic heterocycles. The van der Waals surface area contributed by atoms with Gasteiger partial charge in [-0.15, -0.1) is 0 Å². The van der Waals surface area contributed by atoms with Crippen molar-refractivity contribution in [1.82, 2.24) is 9.38 Å². The summed E-state index contributed by atoms with van der Waals surface area (Å²) in [6, 6.07) is 1.73. The molecule has 3 rings (SSSR count). The van der Waals surface area contributed by atoms with Gasteiger partial charge in [0.2, 0.25) is 0 Å². The van der Waals surface area contributed by atoms with Gasteiger partial charge in [-0.05, 0) is 41.8 Å². The molecular weight excluding hydrogens is 315 g/mol. The van der Waals surface area contributed by atoms with Gasteiger partial charge in [0.15, 0.2) is 11.3 Å². The highest BCUT2D eigenvalue weighted by Gasteiger charge is 2.45. The SMILES string of the molecule is CCOC(=O)c1cn2cc(C3(F)CC3)cc(Br)c2n1. The van der Waals surface area contributed by atoms with Crippen molar-refractivity contribution in [3.05, 3.63) is 34.2 Å². The largest absolute Gasteiger partial charge is 0.461 e. The number of pyridine rings is 1. The maximum atomic E-state index is 14.1. The molecule has 1 aliphatic rings. The quantitative estimate of drug-likeness (QED) is 0.813. The minimum atomic E-state index is -1.22. The van der Waals surface area contributed by atoms with Gasteiger partial charge in [-0.25, -0.2) is 14.2 Å². The van der Waals surface area contributed by atoms with Crippen LogP contribution in [0.5, 0.6) is 0 Å². The number of fused-ring (bicyclic) bond motifs is 1. The van der Waals surface area contributed by atoms with Gasteiger partial charge in [-0.1, -0.05) is 0 Å². The molecule has 0 unspecified atom stereocenters. The van der Waals surface area contributed by atoms with E-state index in [1.54, 1.807) is 29.8 Å². The molecule has 2 aromatic rings. The van der Waals surface area contributed by atoms with Crippen LogP contribution in [0.1, 0.15) is 35.8 Å². The van der Waals surface area contributed by atoms with Crippen molar-refractivity contribution < 1.29 is 13.9 Å². The summed E-state index contributed by atoms with van der Waals surface area (Å²) in [5.41, 5.74) is 0.199. The Bertz CT molecular complexity index is 664. The number of ether oxygens (including phenoxy) is 1. The molecule has 1 aliphatic carbocycles. The Morgan fingerprint density at radius 3 is 2.95 bits per heavy atom. The fourth-order valence-corrected chi connectivity index (χ4v) is 2.54. The number of hydrogen-bond acceptors (Lipinski definition) is 3. The van der Waals surface area contributed by atoms with Gasteiger partial charge in [0, 0.05) is 18.0 Å². The molecule has 0 bridgehead atoms. The van der Waals surface area contributed by atoms with Gasteiger partial charge in [0.05, 0.1) is 11.1 Å². The predicted molar refractivity (Wildman–Crippen MR) is 70.9 cm³/mol. The number of aromatic nitrogens is 2. The number of alkyl halides is 1. The second kappa shape index (κ2) is 4.30. The number of hydrogen-bond donors (Lipinski definition) is 0. The van der Waals surface area contributed by atoms with E-state index in [1.165, 1.54) is 0 Å². The smallest absolute Gasteiger partial charge is 0.358 e. The summed E-state index contributed by atoms with van der Waals surface area (Å²) in [6.45, 7) is 2.04. The number of imidazole rings is 1. The van der Waals surface area contributed by atoms with E-state index in [0.29, 0.717) is 35.1 Å². The van der Waals surface area contributed by atoms with E-state index in [1.807, 2.05) is 0 Å². The minimum absolute atomic E-state index is 0.225. The number of halogens is 2. The first-order valence-corrected chi connectivity index (χ1v) is 6.87. The van der Waals surface area contributed by atoms with Crippen molar-refractivity contribution in [3.8, 4) is 0 Å². The molecule has 0 amide bonds. The normalized spacial score (nSPS) is 16.6. The molecule has 0 spiro atoms. The Morgan fingerprint density at radius 2 is 2.32 bits per heavy atom. The van der Waals surface area contributed by atoms with Crippen molar-refractivity contribution in [2.75, 3.05) is 6.61 Å². The lowest BCUT2D eigenvalue weighted by atomic mass is 10.1. The fraction of sp³-hybridized carbons (Fsp3) is 0.385. The summed E-state index contributed by atoms with van der Waals surface area (Å²) in [7, 11) is 0. The third kappa shape index (κ3) is 2.14. The van der Waals surface area contributed by atoms with Crippen molar-refractivity contribution in [3.63, 3.8) is 0 Å². The van der Waals surface area contributed by atoms with E-state index < -0.39 is 11.6 Å². The van der Waals surface area contributed by atoms with Crippen LogP contribution in [0.2, 0.25) is 0 Å². The summed E-state index contributed by atoms with van der Waals surface area (Å²) in [6.07, 6.45) is 4.34. The first-order valence-electron chi connectivity index (χ1n) is 6.08. The second-order valence-electron chi connectivity index (χ2n) is 4.62. The summed E-state index contributed by atoms with van der Waals surface area (Å²) in [5.74, 6) is -0.471. The number of nitrogens with zero attached hydrogens (tertiary/aromatic N) is 2. The predicted octanol–water partition coefficient (Wildman–Crippen LogP) is 3.23. The molecule has 0 N–H and O–H groups in total. The molecule has 1 saturated carbocycles. The van der Waals surface area contributed by atoms with Crippen LogP contribution >= 0.6 is 15.9 Å². The summed E-state index contributed by atoms with van der Waals surface area (Å²) in [5, 5.41) is 0. The van der Waals surface area contributed by atoms with E-state index in [4.69, 9.17) is 4.74 Å². The Balaban J connectivity index is 2.07. The Morgan fingerprint density at radius 1 is 1.58 bits per heavy atom. The van der Waals surface area contributed by atoms with E-state index >= 15 is 0 Å². The summed E-state index contributed by atoms with van der Waals surface area (Å²) < 4.78 is 21.3. The zero-order valence-corrected chi connectivity index (χ0v) is 11.9. The first kappa shape index (κ1) is 12.6. The van der Waals surface area contributed by atoms with Gasteiger partial charge >= 0.3 is 5.97 Å². The van der Waals surface area contributed by atoms with E-state index in [0.717, 1.165) is 0 Å². The zero-order valence-electron chi connectivity index (χ0n) is 10.3. The maximum Gasteiger partial charge on any atom is 0.358 e. The molecule has 4 nitrogen and oxygen atoms in total. The van der Waals surface area contributed by atoms with Gasteiger partial charge in [-0.2, -0.15) is 0 Å². The lowest BCUT2D eigenvalue weighted by molar-refractivity contribution is 0.0520. The highest BCUT2D eigenvalue weighted by Crippen LogP contribution is 2.50. The molecule has 0 atom stereocenters. The first-order chi connectivity index (χ1) is 9.03. The molecule has 0 saturated heterocycles. The number of esters is 1. The summed E-state index contributed by atoms with van der Waals surface area (Å²) in [4.78, 5) is 15.8. The monoisotopic (exact) mass is 326 g/mol. The molecule has 1 fully saturated rings. The van der Waals surface area contributed by atoms with Crippen LogP contribution in [0, 0.1) is 0 Å². The van der Waals surface area contributed by atoms with Gasteiger partial charge < -0.3 is 9.14 Å². The zero-order chi connectivity index (χ0) is 13.6. The number of carbonyl (C=O) groups excluding carboxylic acids is 1. The molecule has 19 heavy (non-hydrogen) atoms. The number of carbonyl (C=O) groups is 1. The average Bonchev–Trinajstić information content (AvgIpc) is 2.97. The van der Waals surface area contributed by atoms with E-state index in [-0.39, 0.29) is 5.69 Å². The van der Waals surface area contributed by atoms with Crippen molar-refractivity contribution in [1.29, 1.82) is 0 Å². The molecular formula is C13H12BrFN2O2. The lowest BCUT2D eigenvalue weighted by Gasteiger charge is -2.07. The third-order valence-corrected chi connectivity index (χ3v) is 3.78. The van der Waals surface area contributed by atoms with E-state index in [9.17, 15) is 9.18 Å². The third-order valence-electron chi connectivity index (χ3n) is 3.20. The minimum Gasteiger partial charge on any atom is -0.461 e. The average molecular weight is 327 g/mol. The summed E-state index contributed by atoms with van der Waals surface area (Å²) >= 11 is 3.37. The molecule has 0 aliphatic heterocycles. The standard InChI is InChI=1S/C13H12BrFN2O2/c1-2-19-12(18)10-7-17-6-8(13(15)3-4-13)5-9(14)11(17)16-10/h5-7H,2-4H2,1H3. The molecule has 6 heteroatoms. The fourth-order valence-electron chi connectivity index (χ4n) is 2.00. The molecule has 0 aromatic carbocycles. The molecule has 100 valence electrons. The molecule has 2 heterocycles. The van der Waals surface area contributed by atoms with Crippen LogP contribution in [0.15, 0.2) is 22.9 Å². The highest BCUT2D eigenvalue weighted by molar-refractivity contribution is 9.10. The van der Waals surface area contributed by atoms with E-state index in [2.05, 4.69) is 20.9 Å². The topological polar surface area (TPSA) is 43.6 Å². The Hall–Kier alpha value is -1.43. The Kier molecular flexibility index (Phi) is 2.85. The second-order valence-corrected chi connectivity index (χ2v) is 5.47. The highest BCUT2D eigenvalue weighted by atomic mass is 79.9. The van der Waals surface area contributed by atoms with Crippen molar-refractivity contribution in [2.45, 2.75) is 25.4 Å². The van der Waals surface area contributed by atoms with Crippen LogP contribution in [0.3, 0.4) is 0 Å². The van der Waals surface area contributed by atoms with Crippen LogP contribution in [-0.4, -0.2) is 22.0 Å². The maximum absolute atomic E-state index is 14.1. The Labute approximate surface area is 117 Å². The van der Waals surface area contributed by atoms with Gasteiger partial charge in [0.25, 0.3) is 0 Å². The van der Waals surface area contributed by atoms with Crippen LogP contribution < -0.4 is 0 Å². The number of rotatable bonds is 3.